The summed E-state index contributed by atoms with van der Waals surface area (Å²) in [7, 11) is 0. The molecule has 2 N–H and O–H groups in total. The molecule has 1 aliphatic carbocycles. The van der Waals surface area contributed by atoms with Crippen LogP contribution in [0, 0.1) is 0 Å². The van der Waals surface area contributed by atoms with Gasteiger partial charge in [0.1, 0.15) is 12.7 Å². The number of hydrogen-bond acceptors (Lipinski definition) is 5. The molecule has 3 aromatic rings. The standard InChI is InChI=1S/C18H17N5O2S/c24-17(21-12-2-1-3-12)15-8-9-16(26-15)18(25)22-13-4-6-14(7-5-13)23-11-19-10-20-23/h4-12H,1-3H2,(H,21,24)(H,22,25). The zero-order valence-corrected chi connectivity index (χ0v) is 14.7. The molecular formula is C18H17N5O2S. The molecule has 2 heterocycles. The predicted octanol–water partition coefficient (Wildman–Crippen LogP) is 2.86. The van der Waals surface area contributed by atoms with Crippen molar-refractivity contribution in [2.45, 2.75) is 25.3 Å². The van der Waals surface area contributed by atoms with E-state index in [1.165, 1.54) is 24.1 Å². The highest BCUT2D eigenvalue weighted by Crippen LogP contribution is 2.22. The summed E-state index contributed by atoms with van der Waals surface area (Å²) in [5, 5.41) is 9.88. The van der Waals surface area contributed by atoms with Gasteiger partial charge in [-0.15, -0.1) is 11.3 Å². The highest BCUT2D eigenvalue weighted by atomic mass is 32.1. The van der Waals surface area contributed by atoms with Crippen LogP contribution in [0.25, 0.3) is 5.69 Å². The number of carbonyl (C=O) groups is 2. The number of nitrogens with one attached hydrogen (secondary N) is 2. The minimum Gasteiger partial charge on any atom is -0.349 e. The lowest BCUT2D eigenvalue weighted by molar-refractivity contribution is 0.0920. The molecule has 1 saturated carbocycles. The second-order valence-corrected chi connectivity index (χ2v) is 7.19. The van der Waals surface area contributed by atoms with Crippen molar-refractivity contribution in [2.24, 2.45) is 0 Å². The smallest absolute Gasteiger partial charge is 0.265 e. The summed E-state index contributed by atoms with van der Waals surface area (Å²) in [6.07, 6.45) is 6.31. The van der Waals surface area contributed by atoms with Crippen molar-refractivity contribution in [3.8, 4) is 5.69 Å². The van der Waals surface area contributed by atoms with E-state index >= 15 is 0 Å². The van der Waals surface area contributed by atoms with Crippen molar-refractivity contribution in [3.05, 3.63) is 58.8 Å². The Morgan fingerprint density at radius 2 is 1.77 bits per heavy atom. The van der Waals surface area contributed by atoms with Crippen LogP contribution in [-0.4, -0.2) is 32.6 Å². The highest BCUT2D eigenvalue weighted by Gasteiger charge is 2.21. The summed E-state index contributed by atoms with van der Waals surface area (Å²) in [6.45, 7) is 0. The van der Waals surface area contributed by atoms with Crippen LogP contribution in [0.15, 0.2) is 49.1 Å². The van der Waals surface area contributed by atoms with Crippen molar-refractivity contribution in [3.63, 3.8) is 0 Å². The third kappa shape index (κ3) is 3.50. The fourth-order valence-corrected chi connectivity index (χ4v) is 3.43. The molecule has 1 aromatic carbocycles. The molecule has 26 heavy (non-hydrogen) atoms. The Labute approximate surface area is 154 Å². The fraction of sp³-hybridized carbons (Fsp3) is 0.222. The van der Waals surface area contributed by atoms with Gasteiger partial charge in [0.05, 0.1) is 15.4 Å². The van der Waals surface area contributed by atoms with Gasteiger partial charge in [0.2, 0.25) is 0 Å². The molecule has 0 aliphatic heterocycles. The summed E-state index contributed by atoms with van der Waals surface area (Å²) < 4.78 is 1.64. The number of hydrogen-bond donors (Lipinski definition) is 2. The van der Waals surface area contributed by atoms with Gasteiger partial charge in [0.15, 0.2) is 0 Å². The SMILES string of the molecule is O=C(Nc1ccc(-n2cncn2)cc1)c1ccc(C(=O)NC2CCC2)s1. The Hall–Kier alpha value is -3.00. The number of thiophene rings is 1. The first kappa shape index (κ1) is 16.5. The van der Waals surface area contributed by atoms with Gasteiger partial charge in [-0.05, 0) is 55.7 Å². The van der Waals surface area contributed by atoms with E-state index in [9.17, 15) is 9.59 Å². The van der Waals surface area contributed by atoms with Crippen LogP contribution in [0.3, 0.4) is 0 Å². The molecule has 1 aliphatic rings. The maximum Gasteiger partial charge on any atom is 0.265 e. The molecule has 0 unspecified atom stereocenters. The molecule has 0 bridgehead atoms. The molecule has 0 atom stereocenters. The monoisotopic (exact) mass is 367 g/mol. The number of benzene rings is 1. The molecule has 132 valence electrons. The number of aromatic nitrogens is 3. The van der Waals surface area contributed by atoms with Crippen LogP contribution >= 0.6 is 11.3 Å². The third-order valence-corrected chi connectivity index (χ3v) is 5.39. The number of anilines is 1. The van der Waals surface area contributed by atoms with Crippen LogP contribution in [0.2, 0.25) is 0 Å². The van der Waals surface area contributed by atoms with E-state index in [-0.39, 0.29) is 17.9 Å². The van der Waals surface area contributed by atoms with E-state index in [1.54, 1.807) is 35.3 Å². The van der Waals surface area contributed by atoms with Gasteiger partial charge >= 0.3 is 0 Å². The Kier molecular flexibility index (Phi) is 4.49. The van der Waals surface area contributed by atoms with E-state index in [0.717, 1.165) is 18.5 Å². The largest absolute Gasteiger partial charge is 0.349 e. The minimum atomic E-state index is -0.230. The maximum atomic E-state index is 12.4. The highest BCUT2D eigenvalue weighted by molar-refractivity contribution is 7.16. The first-order valence-electron chi connectivity index (χ1n) is 8.36. The van der Waals surface area contributed by atoms with Crippen molar-refractivity contribution >= 4 is 28.8 Å². The summed E-state index contributed by atoms with van der Waals surface area (Å²) in [4.78, 5) is 29.5. The van der Waals surface area contributed by atoms with E-state index in [0.29, 0.717) is 15.4 Å². The summed E-state index contributed by atoms with van der Waals surface area (Å²) in [5.74, 6) is -0.331. The average Bonchev–Trinajstić information content (AvgIpc) is 3.30. The number of amides is 2. The van der Waals surface area contributed by atoms with E-state index in [1.807, 2.05) is 12.1 Å². The topological polar surface area (TPSA) is 88.9 Å². The molecule has 7 nitrogen and oxygen atoms in total. The van der Waals surface area contributed by atoms with Crippen LogP contribution < -0.4 is 10.6 Å². The van der Waals surface area contributed by atoms with Crippen molar-refractivity contribution in [1.29, 1.82) is 0 Å². The maximum absolute atomic E-state index is 12.4. The molecule has 2 amide bonds. The Morgan fingerprint density at radius 3 is 2.38 bits per heavy atom. The van der Waals surface area contributed by atoms with Gasteiger partial charge in [-0.3, -0.25) is 9.59 Å². The molecule has 0 radical (unpaired) electrons. The van der Waals surface area contributed by atoms with Gasteiger partial charge in [-0.1, -0.05) is 0 Å². The first-order valence-corrected chi connectivity index (χ1v) is 9.18. The van der Waals surface area contributed by atoms with E-state index in [2.05, 4.69) is 20.7 Å². The molecule has 0 saturated heterocycles. The fourth-order valence-electron chi connectivity index (χ4n) is 2.62. The van der Waals surface area contributed by atoms with Crippen LogP contribution in [-0.2, 0) is 0 Å². The van der Waals surface area contributed by atoms with E-state index in [4.69, 9.17) is 0 Å². The van der Waals surface area contributed by atoms with Gasteiger partial charge in [0, 0.05) is 11.7 Å². The van der Waals surface area contributed by atoms with Gasteiger partial charge < -0.3 is 10.6 Å². The minimum absolute atomic E-state index is 0.101. The normalized spacial score (nSPS) is 13.8. The Balaban J connectivity index is 1.39. The molecule has 2 aromatic heterocycles. The first-order chi connectivity index (χ1) is 12.7. The van der Waals surface area contributed by atoms with Crippen molar-refractivity contribution < 1.29 is 9.59 Å². The summed E-state index contributed by atoms with van der Waals surface area (Å²) in [5.41, 5.74) is 1.53. The third-order valence-electron chi connectivity index (χ3n) is 4.30. The van der Waals surface area contributed by atoms with Gasteiger partial charge in [0.25, 0.3) is 11.8 Å². The van der Waals surface area contributed by atoms with Crippen molar-refractivity contribution in [2.75, 3.05) is 5.32 Å². The lowest BCUT2D eigenvalue weighted by atomic mass is 9.93. The molecule has 4 rings (SSSR count). The Bertz CT molecular complexity index is 913. The van der Waals surface area contributed by atoms with Gasteiger partial charge in [-0.2, -0.15) is 5.10 Å². The molecule has 8 heteroatoms. The van der Waals surface area contributed by atoms with Gasteiger partial charge in [-0.25, -0.2) is 9.67 Å². The zero-order valence-electron chi connectivity index (χ0n) is 13.9. The number of carbonyl (C=O) groups excluding carboxylic acids is 2. The predicted molar refractivity (Wildman–Crippen MR) is 98.7 cm³/mol. The van der Waals surface area contributed by atoms with Crippen LogP contribution in [0.1, 0.15) is 38.6 Å². The summed E-state index contributed by atoms with van der Waals surface area (Å²) in [6, 6.07) is 10.9. The average molecular weight is 367 g/mol. The van der Waals surface area contributed by atoms with E-state index < -0.39 is 0 Å². The quantitative estimate of drug-likeness (QED) is 0.726. The lowest BCUT2D eigenvalue weighted by Crippen LogP contribution is -2.39. The Morgan fingerprint density at radius 1 is 1.04 bits per heavy atom. The molecule has 0 spiro atoms. The second kappa shape index (κ2) is 7.09. The van der Waals surface area contributed by atoms with Crippen LogP contribution in [0.4, 0.5) is 5.69 Å². The number of nitrogens with zero attached hydrogens (tertiary/aromatic N) is 3. The lowest BCUT2D eigenvalue weighted by Gasteiger charge is -2.25. The summed E-state index contributed by atoms with van der Waals surface area (Å²) >= 11 is 1.20. The van der Waals surface area contributed by atoms with Crippen LogP contribution in [0.5, 0.6) is 0 Å². The zero-order chi connectivity index (χ0) is 17.9. The second-order valence-electron chi connectivity index (χ2n) is 6.11. The molecule has 1 fully saturated rings. The van der Waals surface area contributed by atoms with Crippen molar-refractivity contribution in [1.82, 2.24) is 20.1 Å². The molecular weight excluding hydrogens is 350 g/mol. The number of rotatable bonds is 5.